The van der Waals surface area contributed by atoms with E-state index in [-0.39, 0.29) is 0 Å². The van der Waals surface area contributed by atoms with Gasteiger partial charge in [-0.25, -0.2) is 0 Å². The zero-order valence-electron chi connectivity index (χ0n) is 33.2. The van der Waals surface area contributed by atoms with Crippen molar-refractivity contribution in [1.29, 1.82) is 0 Å². The van der Waals surface area contributed by atoms with Gasteiger partial charge in [-0.05, 0) is 80.5 Å². The number of allylic oxidation sites excluding steroid dienone is 2. The van der Waals surface area contributed by atoms with Crippen LogP contribution in [0.5, 0.6) is 0 Å². The number of rotatable bonds is 14. The monoisotopic (exact) mass is 638 g/mol. The molecule has 0 aromatic heterocycles. The predicted octanol–water partition coefficient (Wildman–Crippen LogP) is 13.9. The summed E-state index contributed by atoms with van der Waals surface area (Å²) in [5.74, 6) is 1.96. The third-order valence-corrected chi connectivity index (χ3v) is 6.50. The number of nitrogens with two attached hydrogens (primary N) is 1. The van der Waals surface area contributed by atoms with E-state index in [0.717, 1.165) is 37.3 Å². The summed E-state index contributed by atoms with van der Waals surface area (Å²) < 4.78 is 0. The van der Waals surface area contributed by atoms with Gasteiger partial charge in [-0.15, -0.1) is 13.2 Å². The molecule has 0 aliphatic heterocycles. The van der Waals surface area contributed by atoms with Gasteiger partial charge in [0.25, 0.3) is 0 Å². The second kappa shape index (κ2) is 34.9. The highest BCUT2D eigenvalue weighted by molar-refractivity contribution is 5.72. The Labute approximate surface area is 289 Å². The Hall–Kier alpha value is -2.94. The third kappa shape index (κ3) is 31.1. The lowest BCUT2D eigenvalue weighted by Crippen LogP contribution is -2.31. The molecule has 0 radical (unpaired) electrons. The molecule has 1 unspecified atom stereocenters. The molecule has 0 heterocycles. The van der Waals surface area contributed by atoms with Gasteiger partial charge in [0.1, 0.15) is 0 Å². The molecule has 0 amide bonds. The van der Waals surface area contributed by atoms with Crippen molar-refractivity contribution in [2.24, 2.45) is 17.8 Å². The number of aryl methyl sites for hydroxylation is 2. The van der Waals surface area contributed by atoms with Gasteiger partial charge in [0.05, 0.1) is 11.4 Å². The lowest BCUT2D eigenvalue weighted by molar-refractivity contribution is 0.553. The minimum atomic E-state index is 0.633. The van der Waals surface area contributed by atoms with E-state index in [2.05, 4.69) is 110 Å². The molecule has 2 aromatic rings. The molecule has 2 rings (SSSR count). The van der Waals surface area contributed by atoms with Crippen molar-refractivity contribution in [3.63, 3.8) is 0 Å². The molecule has 3 heteroatoms. The third-order valence-electron chi connectivity index (χ3n) is 6.50. The van der Waals surface area contributed by atoms with E-state index in [9.17, 15) is 0 Å². The molecule has 1 atom stereocenters. The molecular weight excluding hydrogens is 558 g/mol. The zero-order chi connectivity index (χ0) is 36.5. The Kier molecular flexibility index (Phi) is 37.9. The fraction of sp³-hybridized carbons (Fsp3) is 0.581. The van der Waals surface area contributed by atoms with Crippen LogP contribution >= 0.6 is 0 Å². The normalized spacial score (nSPS) is 10.0. The molecule has 3 N–H and O–H groups in total. The number of nitrogens with zero attached hydrogens (tertiary/aromatic N) is 1. The minimum Gasteiger partial charge on any atom is -0.399 e. The first-order valence-electron chi connectivity index (χ1n) is 18.2. The molecule has 2 aromatic carbocycles. The second-order valence-electron chi connectivity index (χ2n) is 12.2. The van der Waals surface area contributed by atoms with Crippen molar-refractivity contribution in [2.75, 3.05) is 29.0 Å². The van der Waals surface area contributed by atoms with Crippen molar-refractivity contribution in [1.82, 2.24) is 0 Å². The van der Waals surface area contributed by atoms with E-state index in [1.807, 2.05) is 65.0 Å². The molecule has 0 spiro atoms. The summed E-state index contributed by atoms with van der Waals surface area (Å²) in [5, 5.41) is 3.33. The van der Waals surface area contributed by atoms with Crippen LogP contribution in [0.3, 0.4) is 0 Å². The zero-order valence-corrected chi connectivity index (χ0v) is 33.2. The maximum atomic E-state index is 5.43. The number of benzene rings is 2. The molecule has 46 heavy (non-hydrogen) atoms. The van der Waals surface area contributed by atoms with Crippen molar-refractivity contribution in [3.8, 4) is 0 Å². The van der Waals surface area contributed by atoms with Crippen LogP contribution < -0.4 is 16.0 Å². The van der Waals surface area contributed by atoms with Crippen molar-refractivity contribution < 1.29 is 0 Å². The lowest BCUT2D eigenvalue weighted by atomic mass is 10.0. The summed E-state index contributed by atoms with van der Waals surface area (Å²) >= 11 is 0. The summed E-state index contributed by atoms with van der Waals surface area (Å²) in [6, 6.07) is 14.5. The van der Waals surface area contributed by atoms with Gasteiger partial charge < -0.3 is 16.0 Å². The van der Waals surface area contributed by atoms with Crippen LogP contribution in [0.4, 0.5) is 17.1 Å². The Morgan fingerprint density at radius 2 is 1.35 bits per heavy atom. The van der Waals surface area contributed by atoms with Gasteiger partial charge >= 0.3 is 0 Å². The average Bonchev–Trinajstić information content (AvgIpc) is 3.04. The van der Waals surface area contributed by atoms with Crippen LogP contribution in [0.1, 0.15) is 133 Å². The first-order chi connectivity index (χ1) is 21.8. The van der Waals surface area contributed by atoms with Crippen LogP contribution in [-0.4, -0.2) is 13.1 Å². The van der Waals surface area contributed by atoms with E-state index >= 15 is 0 Å². The Morgan fingerprint density at radius 3 is 1.65 bits per heavy atom. The number of unbranched alkanes of at least 4 members (excludes halogenated alkanes) is 2. The Bertz CT molecular complexity index is 924. The smallest absolute Gasteiger partial charge is 0.0620 e. The van der Waals surface area contributed by atoms with Crippen LogP contribution in [0.15, 0.2) is 80.1 Å². The van der Waals surface area contributed by atoms with Crippen molar-refractivity contribution in [2.45, 2.75) is 135 Å². The maximum absolute atomic E-state index is 5.43. The molecule has 0 saturated heterocycles. The average molecular weight is 638 g/mol. The highest BCUT2D eigenvalue weighted by atomic mass is 15.1. The van der Waals surface area contributed by atoms with Crippen LogP contribution in [0.2, 0.25) is 0 Å². The van der Waals surface area contributed by atoms with Crippen molar-refractivity contribution >= 4 is 17.1 Å². The van der Waals surface area contributed by atoms with Gasteiger partial charge in [-0.2, -0.15) is 0 Å². The van der Waals surface area contributed by atoms with E-state index in [4.69, 9.17) is 5.73 Å². The summed E-state index contributed by atoms with van der Waals surface area (Å²) in [7, 11) is 0. The molecule has 0 aliphatic rings. The van der Waals surface area contributed by atoms with Gasteiger partial charge in [0.2, 0.25) is 0 Å². The Morgan fingerprint density at radius 1 is 0.848 bits per heavy atom. The highest BCUT2D eigenvalue weighted by Gasteiger charge is 2.14. The number of nitrogens with one attached hydrogen (secondary N) is 1. The summed E-state index contributed by atoms with van der Waals surface area (Å²) in [6.45, 7) is 43.6. The van der Waals surface area contributed by atoms with Crippen molar-refractivity contribution in [3.05, 3.63) is 91.2 Å². The van der Waals surface area contributed by atoms with Gasteiger partial charge in [-0.1, -0.05) is 151 Å². The summed E-state index contributed by atoms with van der Waals surface area (Å²) in [4.78, 5) is 2.49. The topological polar surface area (TPSA) is 41.3 Å². The number of hydrogen-bond donors (Lipinski definition) is 2. The fourth-order valence-corrected chi connectivity index (χ4v) is 3.84. The highest BCUT2D eigenvalue weighted by Crippen LogP contribution is 2.29. The van der Waals surface area contributed by atoms with Crippen LogP contribution in [0.25, 0.3) is 0 Å². The van der Waals surface area contributed by atoms with Gasteiger partial charge in [-0.3, -0.25) is 0 Å². The quantitative estimate of drug-likeness (QED) is 0.160. The van der Waals surface area contributed by atoms with E-state index in [0.29, 0.717) is 17.8 Å². The number of hydrogen-bond acceptors (Lipinski definition) is 3. The molecule has 266 valence electrons. The lowest BCUT2D eigenvalue weighted by Gasteiger charge is -2.30. The maximum Gasteiger partial charge on any atom is 0.0620 e. The van der Waals surface area contributed by atoms with Crippen LogP contribution in [0, 0.1) is 24.7 Å². The molecule has 0 fully saturated rings. The first kappa shape index (κ1) is 49.9. The fourth-order valence-electron chi connectivity index (χ4n) is 3.84. The molecule has 3 nitrogen and oxygen atoms in total. The number of nitrogen functional groups attached to an aromatic ring is 1. The molecule has 0 bridgehead atoms. The van der Waals surface area contributed by atoms with E-state index in [1.165, 1.54) is 48.1 Å². The first-order valence-corrected chi connectivity index (χ1v) is 18.2. The summed E-state index contributed by atoms with van der Waals surface area (Å²) in [5.41, 5.74) is 12.5. The van der Waals surface area contributed by atoms with Crippen LogP contribution in [-0.2, 0) is 6.42 Å². The van der Waals surface area contributed by atoms with E-state index < -0.39 is 0 Å². The number of anilines is 3. The predicted molar refractivity (Wildman–Crippen MR) is 218 cm³/mol. The molecule has 0 saturated carbocycles. The summed E-state index contributed by atoms with van der Waals surface area (Å²) in [6.07, 6.45) is 11.1. The van der Waals surface area contributed by atoms with Gasteiger partial charge in [0.15, 0.2) is 0 Å². The second-order valence-corrected chi connectivity index (χ2v) is 12.2. The molecular formula is C43H79N3. The Balaban J connectivity index is -0.000000310. The minimum absolute atomic E-state index is 0.633. The van der Waals surface area contributed by atoms with E-state index in [1.54, 1.807) is 6.20 Å². The largest absolute Gasteiger partial charge is 0.399 e. The SMILES string of the molecule is C=CC(C)CC.C=CNc1cc(CCC(=C)C)ccc1N(CC(C)C)CC(C)C.CC.CC.CCCCC.Cc1ccc(N)cc1. The molecule has 0 aliphatic carbocycles. The standard InChI is InChI=1S/C21H34N2.C7H9N.C6H12.C5H12.2C2H6/c1-8-22-20-13-19(10-9-16(2)3)11-12-21(20)23(14-17(4)5)15-18(6)7;1-6-2-4-7(8)5-3-6;1-4-6(3)5-2;1-3-5-4-2;2*1-2/h8,11-13,17-18,22H,1-2,9-10,14-15H2,3-7H3;2-5H,8H2,1H3;4,6H,1,5H2,2-3H3;3-5H2,1-2H3;2*1-2H3. The van der Waals surface area contributed by atoms with Gasteiger partial charge in [0, 0.05) is 18.8 Å².